The minimum atomic E-state index is -0.448. The molecule has 0 aromatic carbocycles. The first-order chi connectivity index (χ1) is 10.9. The molecule has 1 aromatic rings. The molecule has 2 heterocycles. The second kappa shape index (κ2) is 7.62. The highest BCUT2D eigenvalue weighted by Crippen LogP contribution is 2.14. The van der Waals surface area contributed by atoms with E-state index in [9.17, 15) is 9.59 Å². The summed E-state index contributed by atoms with van der Waals surface area (Å²) in [6, 6.07) is -0.448. The van der Waals surface area contributed by atoms with Gasteiger partial charge in [0, 0.05) is 32.3 Å². The third-order valence-corrected chi connectivity index (χ3v) is 4.68. The van der Waals surface area contributed by atoms with Gasteiger partial charge in [0.05, 0.1) is 5.69 Å². The van der Waals surface area contributed by atoms with Crippen LogP contribution in [0.3, 0.4) is 0 Å². The van der Waals surface area contributed by atoms with Crippen molar-refractivity contribution in [1.82, 2.24) is 20.0 Å². The number of hydrogen-bond donors (Lipinski definition) is 1. The molecule has 0 saturated carbocycles. The molecule has 1 aliphatic heterocycles. The van der Waals surface area contributed by atoms with Gasteiger partial charge >= 0.3 is 0 Å². The Balaban J connectivity index is 1.83. The summed E-state index contributed by atoms with van der Waals surface area (Å²) in [7, 11) is 1.91. The number of nitrogens with one attached hydrogen (secondary N) is 1. The van der Waals surface area contributed by atoms with Gasteiger partial charge in [0.15, 0.2) is 0 Å². The smallest absolute Gasteiger partial charge is 0.244 e. The van der Waals surface area contributed by atoms with E-state index in [0.717, 1.165) is 42.9 Å². The molecule has 6 nitrogen and oxygen atoms in total. The lowest BCUT2D eigenvalue weighted by Crippen LogP contribution is -2.48. The van der Waals surface area contributed by atoms with Gasteiger partial charge in [-0.15, -0.1) is 0 Å². The Bertz CT molecular complexity index is 573. The van der Waals surface area contributed by atoms with Gasteiger partial charge in [0.25, 0.3) is 0 Å². The van der Waals surface area contributed by atoms with Gasteiger partial charge in [-0.05, 0) is 52.0 Å². The van der Waals surface area contributed by atoms with E-state index in [-0.39, 0.29) is 11.8 Å². The zero-order chi connectivity index (χ0) is 17.0. The van der Waals surface area contributed by atoms with E-state index in [0.29, 0.717) is 12.8 Å². The van der Waals surface area contributed by atoms with Crippen LogP contribution in [-0.2, 0) is 23.1 Å². The van der Waals surface area contributed by atoms with Crippen molar-refractivity contribution in [2.45, 2.75) is 58.9 Å². The van der Waals surface area contributed by atoms with E-state index in [1.165, 1.54) is 6.42 Å². The van der Waals surface area contributed by atoms with Crippen molar-refractivity contribution in [3.8, 4) is 0 Å². The average molecular weight is 320 g/mol. The Morgan fingerprint density at radius 1 is 1.22 bits per heavy atom. The molecule has 0 spiro atoms. The van der Waals surface area contributed by atoms with E-state index in [4.69, 9.17) is 0 Å². The van der Waals surface area contributed by atoms with Crippen LogP contribution in [-0.4, -0.2) is 45.6 Å². The fourth-order valence-corrected chi connectivity index (χ4v) is 3.18. The van der Waals surface area contributed by atoms with Crippen LogP contribution in [0, 0.1) is 13.8 Å². The van der Waals surface area contributed by atoms with Crippen LogP contribution in [0.25, 0.3) is 0 Å². The molecule has 0 aliphatic carbocycles. The fraction of sp³-hybridized carbons (Fsp3) is 0.706. The van der Waals surface area contributed by atoms with Gasteiger partial charge in [-0.25, -0.2) is 0 Å². The van der Waals surface area contributed by atoms with Crippen LogP contribution in [0.5, 0.6) is 0 Å². The number of amides is 2. The minimum absolute atomic E-state index is 0.0341. The lowest BCUT2D eigenvalue weighted by molar-refractivity contribution is -0.136. The molecule has 2 amide bonds. The van der Waals surface area contributed by atoms with Gasteiger partial charge in [-0.2, -0.15) is 5.10 Å². The molecule has 1 atom stereocenters. The van der Waals surface area contributed by atoms with E-state index < -0.39 is 6.04 Å². The van der Waals surface area contributed by atoms with E-state index >= 15 is 0 Å². The summed E-state index contributed by atoms with van der Waals surface area (Å²) in [4.78, 5) is 26.3. The van der Waals surface area contributed by atoms with Gasteiger partial charge in [-0.1, -0.05) is 0 Å². The largest absolute Gasteiger partial charge is 0.345 e. The first kappa shape index (κ1) is 17.5. The van der Waals surface area contributed by atoms with Crippen molar-refractivity contribution in [2.24, 2.45) is 7.05 Å². The molecule has 1 N–H and O–H groups in total. The van der Waals surface area contributed by atoms with Crippen LogP contribution in [0.2, 0.25) is 0 Å². The lowest BCUT2D eigenvalue weighted by Gasteiger charge is -2.29. The quantitative estimate of drug-likeness (QED) is 0.894. The predicted octanol–water partition coefficient (Wildman–Crippen LogP) is 1.49. The van der Waals surface area contributed by atoms with Gasteiger partial charge in [-0.3, -0.25) is 14.3 Å². The number of rotatable bonds is 5. The average Bonchev–Trinajstić information content (AvgIpc) is 2.78. The Morgan fingerprint density at radius 3 is 2.43 bits per heavy atom. The second-order valence-electron chi connectivity index (χ2n) is 6.45. The van der Waals surface area contributed by atoms with Crippen LogP contribution in [0.4, 0.5) is 0 Å². The van der Waals surface area contributed by atoms with Crippen molar-refractivity contribution >= 4 is 11.8 Å². The normalized spacial score (nSPS) is 16.3. The molecular formula is C17H28N4O2. The third kappa shape index (κ3) is 4.33. The fourth-order valence-electron chi connectivity index (χ4n) is 3.18. The number of carbonyl (C=O) groups excluding carboxylic acids is 2. The standard InChI is InChI=1S/C17H28N4O2/c1-12-15(14(3)20(4)19-12)8-9-16(22)18-13(2)17(23)21-10-6-5-7-11-21/h13H,5-11H2,1-4H3,(H,18,22)/t13-/m0/s1. The Hall–Kier alpha value is -1.85. The monoisotopic (exact) mass is 320 g/mol. The summed E-state index contributed by atoms with van der Waals surface area (Å²) in [5.74, 6) is -0.0442. The maximum atomic E-state index is 12.3. The van der Waals surface area contributed by atoms with Crippen molar-refractivity contribution in [3.63, 3.8) is 0 Å². The van der Waals surface area contributed by atoms with Gasteiger partial charge < -0.3 is 10.2 Å². The Morgan fingerprint density at radius 2 is 1.87 bits per heavy atom. The summed E-state index contributed by atoms with van der Waals surface area (Å²) < 4.78 is 1.84. The molecule has 1 aliphatic rings. The number of aryl methyl sites for hydroxylation is 2. The van der Waals surface area contributed by atoms with Crippen LogP contribution in [0.1, 0.15) is 49.6 Å². The molecule has 0 unspecified atom stereocenters. The highest BCUT2D eigenvalue weighted by Gasteiger charge is 2.23. The van der Waals surface area contributed by atoms with Gasteiger partial charge in [0.1, 0.15) is 6.04 Å². The Labute approximate surface area is 138 Å². The molecule has 1 aromatic heterocycles. The van der Waals surface area contributed by atoms with Crippen molar-refractivity contribution in [2.75, 3.05) is 13.1 Å². The van der Waals surface area contributed by atoms with Crippen LogP contribution >= 0.6 is 0 Å². The zero-order valence-corrected chi connectivity index (χ0v) is 14.7. The first-order valence-electron chi connectivity index (χ1n) is 8.47. The van der Waals surface area contributed by atoms with Crippen molar-refractivity contribution < 1.29 is 9.59 Å². The first-order valence-corrected chi connectivity index (χ1v) is 8.47. The molecule has 1 fully saturated rings. The van der Waals surface area contributed by atoms with Crippen molar-refractivity contribution in [1.29, 1.82) is 0 Å². The SMILES string of the molecule is Cc1nn(C)c(C)c1CCC(=O)N[C@@H](C)C(=O)N1CCCCC1. The maximum Gasteiger partial charge on any atom is 0.244 e. The maximum absolute atomic E-state index is 12.3. The lowest BCUT2D eigenvalue weighted by atomic mass is 10.1. The summed E-state index contributed by atoms with van der Waals surface area (Å²) in [5.41, 5.74) is 3.18. The molecule has 0 radical (unpaired) electrons. The molecule has 23 heavy (non-hydrogen) atoms. The number of hydrogen-bond acceptors (Lipinski definition) is 3. The topological polar surface area (TPSA) is 67.2 Å². The summed E-state index contributed by atoms with van der Waals surface area (Å²) in [5, 5.41) is 7.20. The number of piperidine rings is 1. The summed E-state index contributed by atoms with van der Waals surface area (Å²) in [6.45, 7) is 7.37. The molecule has 128 valence electrons. The molecule has 2 rings (SSSR count). The predicted molar refractivity (Wildman–Crippen MR) is 89.0 cm³/mol. The minimum Gasteiger partial charge on any atom is -0.345 e. The highest BCUT2D eigenvalue weighted by atomic mass is 16.2. The Kier molecular flexibility index (Phi) is 5.80. The highest BCUT2D eigenvalue weighted by molar-refractivity contribution is 5.87. The zero-order valence-electron chi connectivity index (χ0n) is 14.7. The van der Waals surface area contributed by atoms with E-state index in [2.05, 4.69) is 10.4 Å². The van der Waals surface area contributed by atoms with Crippen LogP contribution < -0.4 is 5.32 Å². The molecule has 1 saturated heterocycles. The molecular weight excluding hydrogens is 292 g/mol. The molecule has 6 heteroatoms. The number of aromatic nitrogens is 2. The molecule has 0 bridgehead atoms. The number of carbonyl (C=O) groups is 2. The summed E-state index contributed by atoms with van der Waals surface area (Å²) in [6.07, 6.45) is 4.35. The van der Waals surface area contributed by atoms with Crippen molar-refractivity contribution in [3.05, 3.63) is 17.0 Å². The second-order valence-corrected chi connectivity index (χ2v) is 6.45. The van der Waals surface area contributed by atoms with E-state index in [1.807, 2.05) is 30.5 Å². The summed E-state index contributed by atoms with van der Waals surface area (Å²) >= 11 is 0. The van der Waals surface area contributed by atoms with Crippen LogP contribution in [0.15, 0.2) is 0 Å². The number of likely N-dealkylation sites (tertiary alicyclic amines) is 1. The van der Waals surface area contributed by atoms with E-state index in [1.54, 1.807) is 6.92 Å². The van der Waals surface area contributed by atoms with Gasteiger partial charge in [0.2, 0.25) is 11.8 Å². The number of nitrogens with zero attached hydrogens (tertiary/aromatic N) is 3. The third-order valence-electron chi connectivity index (χ3n) is 4.68.